The fraction of sp³-hybridized carbons (Fsp3) is 0.222. The van der Waals surface area contributed by atoms with Crippen LogP contribution in [0.15, 0.2) is 23.8 Å². The normalized spacial score (nSPS) is 16.2. The fourth-order valence-electron chi connectivity index (χ4n) is 0.886. The van der Waals surface area contributed by atoms with Crippen molar-refractivity contribution in [2.75, 3.05) is 0 Å². The number of carbonyl (C=O) groups excluding carboxylic acids is 3. The van der Waals surface area contributed by atoms with Gasteiger partial charge in [-0.05, 0) is 12.2 Å². The van der Waals surface area contributed by atoms with Gasteiger partial charge in [0.15, 0.2) is 5.78 Å². The molecule has 0 fully saturated rings. The molecule has 0 saturated heterocycles. The predicted molar refractivity (Wildman–Crippen MR) is 42.5 cm³/mol. The largest absolute Gasteiger partial charge is 0.294 e. The molecule has 3 nitrogen and oxygen atoms in total. The summed E-state index contributed by atoms with van der Waals surface area (Å²) >= 11 is 0. The van der Waals surface area contributed by atoms with Crippen molar-refractivity contribution >= 4 is 17.3 Å². The van der Waals surface area contributed by atoms with Crippen LogP contribution in [-0.4, -0.2) is 17.3 Å². The maximum Gasteiger partial charge on any atom is 0.226 e. The summed E-state index contributed by atoms with van der Waals surface area (Å²) in [7, 11) is 0. The number of ketones is 3. The first-order valence-electron chi connectivity index (χ1n) is 3.66. The van der Waals surface area contributed by atoms with Crippen LogP contribution in [0.25, 0.3) is 0 Å². The quantitative estimate of drug-likeness (QED) is 0.443. The molecule has 0 aromatic heterocycles. The Morgan fingerprint density at radius 3 is 2.42 bits per heavy atom. The number of Topliss-reactive ketones (excluding diaryl/α,β-unsaturated/α-hetero) is 1. The van der Waals surface area contributed by atoms with E-state index in [9.17, 15) is 14.4 Å². The summed E-state index contributed by atoms with van der Waals surface area (Å²) in [6, 6.07) is 0. The lowest BCUT2D eigenvalue weighted by Crippen LogP contribution is -2.14. The average Bonchev–Trinajstić information content (AvgIpc) is 2.08. The van der Waals surface area contributed by atoms with Crippen LogP contribution in [0.5, 0.6) is 0 Å². The van der Waals surface area contributed by atoms with Crippen LogP contribution < -0.4 is 0 Å². The third-order valence-electron chi connectivity index (χ3n) is 1.59. The van der Waals surface area contributed by atoms with Gasteiger partial charge in [-0.2, -0.15) is 0 Å². The molecule has 1 aliphatic carbocycles. The highest BCUT2D eigenvalue weighted by Crippen LogP contribution is 2.07. The molecule has 0 atom stereocenters. The molecule has 0 spiro atoms. The summed E-state index contributed by atoms with van der Waals surface area (Å²) in [6.07, 6.45) is 3.95. The van der Waals surface area contributed by atoms with Crippen LogP contribution in [-0.2, 0) is 14.4 Å². The molecule has 0 amide bonds. The second-order valence-electron chi connectivity index (χ2n) is 2.44. The van der Waals surface area contributed by atoms with Gasteiger partial charge in [-0.25, -0.2) is 0 Å². The van der Waals surface area contributed by atoms with Crippen LogP contribution in [0.1, 0.15) is 13.3 Å². The van der Waals surface area contributed by atoms with E-state index in [1.54, 1.807) is 6.92 Å². The number of allylic oxidation sites excluding steroid dienone is 4. The first kappa shape index (κ1) is 8.59. The van der Waals surface area contributed by atoms with Crippen molar-refractivity contribution in [1.29, 1.82) is 0 Å². The molecule has 12 heavy (non-hydrogen) atoms. The first-order chi connectivity index (χ1) is 5.65. The lowest BCUT2D eigenvalue weighted by atomic mass is 10.0. The van der Waals surface area contributed by atoms with Crippen LogP contribution in [0, 0.1) is 0 Å². The second-order valence-corrected chi connectivity index (χ2v) is 2.44. The van der Waals surface area contributed by atoms with Gasteiger partial charge in [0.05, 0.1) is 0 Å². The van der Waals surface area contributed by atoms with Crippen molar-refractivity contribution < 1.29 is 14.4 Å². The topological polar surface area (TPSA) is 51.2 Å². The maximum absolute atomic E-state index is 11.0. The average molecular weight is 164 g/mol. The van der Waals surface area contributed by atoms with E-state index in [4.69, 9.17) is 0 Å². The highest BCUT2D eigenvalue weighted by atomic mass is 16.2. The molecular formula is C9H8O3. The SMILES string of the molecule is CCC(=O)C1=CC(=O)C(=O)C=C1. The van der Waals surface area contributed by atoms with Gasteiger partial charge in [-0.15, -0.1) is 0 Å². The van der Waals surface area contributed by atoms with Gasteiger partial charge in [0.1, 0.15) is 0 Å². The standard InChI is InChI=1S/C9H8O3/c1-2-7(10)6-3-4-8(11)9(12)5-6/h3-5H,2H2,1H3. The fourth-order valence-corrected chi connectivity index (χ4v) is 0.886. The van der Waals surface area contributed by atoms with Crippen LogP contribution in [0.3, 0.4) is 0 Å². The summed E-state index contributed by atoms with van der Waals surface area (Å²) in [4.78, 5) is 32.5. The Hall–Kier alpha value is -1.51. The van der Waals surface area contributed by atoms with E-state index in [0.717, 1.165) is 12.2 Å². The number of carbonyl (C=O) groups is 3. The summed E-state index contributed by atoms with van der Waals surface area (Å²) < 4.78 is 0. The van der Waals surface area contributed by atoms with Crippen molar-refractivity contribution in [2.45, 2.75) is 13.3 Å². The third-order valence-corrected chi connectivity index (χ3v) is 1.59. The Bertz CT molecular complexity index is 308. The van der Waals surface area contributed by atoms with E-state index in [2.05, 4.69) is 0 Å². The first-order valence-corrected chi connectivity index (χ1v) is 3.66. The zero-order valence-electron chi connectivity index (χ0n) is 6.66. The third kappa shape index (κ3) is 1.56. The van der Waals surface area contributed by atoms with Crippen LogP contribution >= 0.6 is 0 Å². The highest BCUT2D eigenvalue weighted by Gasteiger charge is 2.16. The van der Waals surface area contributed by atoms with E-state index >= 15 is 0 Å². The highest BCUT2D eigenvalue weighted by molar-refractivity contribution is 6.47. The minimum atomic E-state index is -0.616. The molecule has 0 bridgehead atoms. The van der Waals surface area contributed by atoms with Gasteiger partial charge < -0.3 is 0 Å². The molecule has 0 aromatic carbocycles. The summed E-state index contributed by atoms with van der Waals surface area (Å²) in [5, 5.41) is 0. The van der Waals surface area contributed by atoms with Crippen molar-refractivity contribution in [1.82, 2.24) is 0 Å². The smallest absolute Gasteiger partial charge is 0.226 e. The maximum atomic E-state index is 11.0. The number of hydrogen-bond donors (Lipinski definition) is 0. The van der Waals surface area contributed by atoms with Crippen LogP contribution in [0.2, 0.25) is 0 Å². The molecule has 0 radical (unpaired) electrons. The lowest BCUT2D eigenvalue weighted by Gasteiger charge is -2.01. The molecule has 1 rings (SSSR count). The Morgan fingerprint density at radius 2 is 1.92 bits per heavy atom. The lowest BCUT2D eigenvalue weighted by molar-refractivity contribution is -0.131. The number of hydrogen-bond acceptors (Lipinski definition) is 3. The molecule has 0 N–H and O–H groups in total. The molecule has 0 aliphatic heterocycles. The molecule has 0 saturated carbocycles. The minimum Gasteiger partial charge on any atom is -0.294 e. The Labute approximate surface area is 69.8 Å². The van der Waals surface area contributed by atoms with E-state index in [1.165, 1.54) is 6.08 Å². The molecule has 0 heterocycles. The van der Waals surface area contributed by atoms with Crippen molar-refractivity contribution in [3.8, 4) is 0 Å². The van der Waals surface area contributed by atoms with Gasteiger partial charge in [0.25, 0.3) is 0 Å². The van der Waals surface area contributed by atoms with Crippen molar-refractivity contribution in [3.05, 3.63) is 23.8 Å². The number of rotatable bonds is 2. The van der Waals surface area contributed by atoms with Crippen molar-refractivity contribution in [2.24, 2.45) is 0 Å². The van der Waals surface area contributed by atoms with E-state index in [1.807, 2.05) is 0 Å². The zero-order chi connectivity index (χ0) is 9.14. The molecule has 0 unspecified atom stereocenters. The summed E-state index contributed by atoms with van der Waals surface area (Å²) in [5.41, 5.74) is 0.321. The molecule has 0 aromatic rings. The van der Waals surface area contributed by atoms with Crippen molar-refractivity contribution in [3.63, 3.8) is 0 Å². The van der Waals surface area contributed by atoms with Gasteiger partial charge >= 0.3 is 0 Å². The van der Waals surface area contributed by atoms with Crippen LogP contribution in [0.4, 0.5) is 0 Å². The van der Waals surface area contributed by atoms with Gasteiger partial charge in [0, 0.05) is 18.1 Å². The van der Waals surface area contributed by atoms with Gasteiger partial charge in [0.2, 0.25) is 11.6 Å². The summed E-state index contributed by atoms with van der Waals surface area (Å²) in [5.74, 6) is -1.30. The molecular weight excluding hydrogens is 156 g/mol. The Morgan fingerprint density at radius 1 is 1.25 bits per heavy atom. The molecule has 62 valence electrons. The monoisotopic (exact) mass is 164 g/mol. The van der Waals surface area contributed by atoms with E-state index < -0.39 is 11.6 Å². The van der Waals surface area contributed by atoms with E-state index in [0.29, 0.717) is 12.0 Å². The zero-order valence-corrected chi connectivity index (χ0v) is 6.66. The minimum absolute atomic E-state index is 0.118. The second kappa shape index (κ2) is 3.26. The van der Waals surface area contributed by atoms with E-state index in [-0.39, 0.29) is 5.78 Å². The Kier molecular flexibility index (Phi) is 2.33. The molecule has 3 heteroatoms. The van der Waals surface area contributed by atoms with Gasteiger partial charge in [-0.1, -0.05) is 6.92 Å². The summed E-state index contributed by atoms with van der Waals surface area (Å²) in [6.45, 7) is 1.71. The predicted octanol–water partition coefficient (Wildman–Crippen LogP) is 0.600. The van der Waals surface area contributed by atoms with Gasteiger partial charge in [-0.3, -0.25) is 14.4 Å². The molecule has 1 aliphatic rings. The Balaban J connectivity index is 2.90.